The van der Waals surface area contributed by atoms with Crippen LogP contribution in [-0.2, 0) is 6.54 Å². The number of halogens is 2. The quantitative estimate of drug-likeness (QED) is 0.236. The van der Waals surface area contributed by atoms with Crippen molar-refractivity contribution < 1.29 is 0 Å². The molecule has 0 spiro atoms. The van der Waals surface area contributed by atoms with Crippen LogP contribution in [0.1, 0.15) is 38.2 Å². The molecule has 2 heterocycles. The van der Waals surface area contributed by atoms with Gasteiger partial charge >= 0.3 is 0 Å². The summed E-state index contributed by atoms with van der Waals surface area (Å²) in [5, 5.41) is 16.0. The van der Waals surface area contributed by atoms with E-state index in [4.69, 9.17) is 16.6 Å². The minimum absolute atomic E-state index is 0. The van der Waals surface area contributed by atoms with Crippen LogP contribution in [0.3, 0.4) is 0 Å². The summed E-state index contributed by atoms with van der Waals surface area (Å²) >= 11 is 6.52. The van der Waals surface area contributed by atoms with E-state index in [1.165, 1.54) is 0 Å². The van der Waals surface area contributed by atoms with Crippen molar-refractivity contribution in [2.75, 3.05) is 26.2 Å². The molecule has 0 bridgehead atoms. The van der Waals surface area contributed by atoms with Gasteiger partial charge in [-0.2, -0.15) is 0 Å². The van der Waals surface area contributed by atoms with Gasteiger partial charge < -0.3 is 10.6 Å². The van der Waals surface area contributed by atoms with Gasteiger partial charge in [-0.3, -0.25) is 9.30 Å². The van der Waals surface area contributed by atoms with Crippen LogP contribution in [0.2, 0.25) is 5.02 Å². The maximum atomic E-state index is 6.52. The topological polar surface area (TPSA) is 69.8 Å². The Morgan fingerprint density at radius 1 is 1.06 bits per heavy atom. The molecule has 2 N–H and O–H groups in total. The molecule has 0 aliphatic heterocycles. The largest absolute Gasteiger partial charge is 0.357 e. The predicted molar refractivity (Wildman–Crippen MR) is 138 cm³/mol. The fraction of sp³-hybridized carbons (Fsp3) is 0.409. The van der Waals surface area contributed by atoms with E-state index < -0.39 is 0 Å². The van der Waals surface area contributed by atoms with Crippen LogP contribution in [-0.4, -0.2) is 51.6 Å². The Morgan fingerprint density at radius 3 is 2.52 bits per heavy atom. The maximum Gasteiger partial charge on any atom is 0.191 e. The summed E-state index contributed by atoms with van der Waals surface area (Å²) < 4.78 is 1.95. The number of hydrogen-bond acceptors (Lipinski definition) is 4. The number of guanidine groups is 1. The Balaban J connectivity index is 0.00000341. The van der Waals surface area contributed by atoms with E-state index in [0.29, 0.717) is 13.1 Å². The molecule has 2 aromatic heterocycles. The molecule has 0 fully saturated rings. The highest BCUT2D eigenvalue weighted by Gasteiger charge is 2.20. The van der Waals surface area contributed by atoms with Crippen LogP contribution in [0, 0.1) is 0 Å². The summed E-state index contributed by atoms with van der Waals surface area (Å²) in [5.41, 5.74) is 1.94. The van der Waals surface area contributed by atoms with Gasteiger partial charge in [0.05, 0.1) is 6.04 Å². The second-order valence-corrected chi connectivity index (χ2v) is 7.29. The standard InChI is InChI=1S/C22H30ClN7.HI/c1-4-24-22(26-16-21-28-27-20-13-9-10-14-30(20)21)25-15-19(29(5-2)6-3)17-11-7-8-12-18(17)23;/h7-14,19H,4-6,15-16H2,1-3H3,(H2,24,25,26);1H. The number of hydrogen-bond donors (Lipinski definition) is 2. The zero-order chi connectivity index (χ0) is 21.3. The van der Waals surface area contributed by atoms with Crippen molar-refractivity contribution in [3.05, 3.63) is 65.1 Å². The van der Waals surface area contributed by atoms with Gasteiger partial charge in [-0.15, -0.1) is 34.2 Å². The van der Waals surface area contributed by atoms with Crippen molar-refractivity contribution in [1.29, 1.82) is 0 Å². The van der Waals surface area contributed by atoms with Crippen molar-refractivity contribution in [3.63, 3.8) is 0 Å². The fourth-order valence-electron chi connectivity index (χ4n) is 3.53. The molecule has 0 aliphatic carbocycles. The van der Waals surface area contributed by atoms with Gasteiger partial charge in [0.2, 0.25) is 0 Å². The van der Waals surface area contributed by atoms with Gasteiger partial charge in [0.15, 0.2) is 17.4 Å². The van der Waals surface area contributed by atoms with E-state index in [1.54, 1.807) is 0 Å². The maximum absolute atomic E-state index is 6.52. The molecule has 3 rings (SSSR count). The summed E-state index contributed by atoms with van der Waals surface area (Å²) in [4.78, 5) is 7.12. The number of nitrogens with zero attached hydrogens (tertiary/aromatic N) is 5. The number of benzene rings is 1. The summed E-state index contributed by atoms with van der Waals surface area (Å²) in [5.74, 6) is 1.54. The van der Waals surface area contributed by atoms with E-state index in [-0.39, 0.29) is 30.0 Å². The Morgan fingerprint density at radius 2 is 1.81 bits per heavy atom. The minimum Gasteiger partial charge on any atom is -0.357 e. The van der Waals surface area contributed by atoms with Gasteiger partial charge in [-0.1, -0.05) is 49.7 Å². The molecule has 0 radical (unpaired) electrons. The van der Waals surface area contributed by atoms with Gasteiger partial charge in [0.1, 0.15) is 6.54 Å². The first-order chi connectivity index (χ1) is 14.7. The smallest absolute Gasteiger partial charge is 0.191 e. The van der Waals surface area contributed by atoms with Crippen LogP contribution in [0.5, 0.6) is 0 Å². The number of aliphatic imine (C=N–C) groups is 1. The first-order valence-electron chi connectivity index (χ1n) is 10.5. The van der Waals surface area contributed by atoms with Crippen LogP contribution < -0.4 is 10.6 Å². The van der Waals surface area contributed by atoms with Crippen molar-refractivity contribution in [2.45, 2.75) is 33.4 Å². The summed E-state index contributed by atoms with van der Waals surface area (Å²) in [6, 6.07) is 14.0. The lowest BCUT2D eigenvalue weighted by molar-refractivity contribution is 0.219. The summed E-state index contributed by atoms with van der Waals surface area (Å²) in [6.45, 7) is 10.2. The molecule has 1 aromatic carbocycles. The van der Waals surface area contributed by atoms with E-state index in [1.807, 2.05) is 47.0 Å². The first kappa shape index (κ1) is 25.4. The number of likely N-dealkylation sites (N-methyl/N-ethyl adjacent to an activating group) is 1. The molecule has 0 amide bonds. The lowest BCUT2D eigenvalue weighted by atomic mass is 10.0. The van der Waals surface area contributed by atoms with Crippen LogP contribution >= 0.6 is 35.6 Å². The Bertz CT molecular complexity index is 971. The number of pyridine rings is 1. The number of fused-ring (bicyclic) bond motifs is 1. The number of nitrogens with one attached hydrogen (secondary N) is 2. The van der Waals surface area contributed by atoms with Crippen molar-refractivity contribution in [1.82, 2.24) is 30.1 Å². The Labute approximate surface area is 206 Å². The van der Waals surface area contributed by atoms with Crippen molar-refractivity contribution in [3.8, 4) is 0 Å². The fourth-order valence-corrected chi connectivity index (χ4v) is 3.79. The Hall–Kier alpha value is -1.91. The zero-order valence-electron chi connectivity index (χ0n) is 18.3. The third kappa shape index (κ3) is 6.54. The third-order valence-corrected chi connectivity index (χ3v) is 5.43. The Kier molecular flexibility index (Phi) is 10.5. The molecule has 0 saturated carbocycles. The van der Waals surface area contributed by atoms with Crippen molar-refractivity contribution >= 4 is 47.2 Å². The number of aromatic nitrogens is 3. The molecule has 1 atom stereocenters. The highest BCUT2D eigenvalue weighted by Crippen LogP contribution is 2.26. The molecular formula is C22H31ClIN7. The molecule has 0 saturated heterocycles. The zero-order valence-corrected chi connectivity index (χ0v) is 21.3. The molecule has 9 heteroatoms. The van der Waals surface area contributed by atoms with E-state index in [9.17, 15) is 0 Å². The lowest BCUT2D eigenvalue weighted by Crippen LogP contribution is -2.43. The van der Waals surface area contributed by atoms with E-state index in [0.717, 1.165) is 47.7 Å². The van der Waals surface area contributed by atoms with E-state index in [2.05, 4.69) is 52.6 Å². The average molecular weight is 556 g/mol. The normalized spacial score (nSPS) is 12.6. The number of rotatable bonds is 9. The second-order valence-electron chi connectivity index (χ2n) is 6.88. The summed E-state index contributed by atoms with van der Waals surface area (Å²) in [6.07, 6.45) is 1.95. The molecule has 168 valence electrons. The second kappa shape index (κ2) is 12.8. The highest BCUT2D eigenvalue weighted by molar-refractivity contribution is 14.0. The lowest BCUT2D eigenvalue weighted by Gasteiger charge is -2.31. The molecule has 31 heavy (non-hydrogen) atoms. The van der Waals surface area contributed by atoms with Gasteiger partial charge in [0.25, 0.3) is 0 Å². The summed E-state index contributed by atoms with van der Waals surface area (Å²) in [7, 11) is 0. The molecule has 7 nitrogen and oxygen atoms in total. The third-order valence-electron chi connectivity index (χ3n) is 5.09. The van der Waals surface area contributed by atoms with Crippen LogP contribution in [0.15, 0.2) is 53.7 Å². The monoisotopic (exact) mass is 555 g/mol. The molecule has 1 unspecified atom stereocenters. The van der Waals surface area contributed by atoms with Gasteiger partial charge in [0, 0.05) is 24.3 Å². The predicted octanol–water partition coefficient (Wildman–Crippen LogP) is 4.14. The van der Waals surface area contributed by atoms with Crippen LogP contribution in [0.25, 0.3) is 5.65 Å². The van der Waals surface area contributed by atoms with Gasteiger partial charge in [-0.05, 0) is 43.8 Å². The average Bonchev–Trinajstić information content (AvgIpc) is 3.18. The SMILES string of the molecule is CCNC(=NCc1nnc2ccccn12)NCC(c1ccccc1Cl)N(CC)CC.I. The van der Waals surface area contributed by atoms with Crippen LogP contribution in [0.4, 0.5) is 0 Å². The first-order valence-corrected chi connectivity index (χ1v) is 10.8. The highest BCUT2D eigenvalue weighted by atomic mass is 127. The van der Waals surface area contributed by atoms with Gasteiger partial charge in [-0.25, -0.2) is 4.99 Å². The molecule has 0 aliphatic rings. The molecular weight excluding hydrogens is 525 g/mol. The minimum atomic E-state index is 0. The van der Waals surface area contributed by atoms with E-state index >= 15 is 0 Å². The van der Waals surface area contributed by atoms with Crippen molar-refractivity contribution in [2.24, 2.45) is 4.99 Å². The molecule has 3 aromatic rings.